The summed E-state index contributed by atoms with van der Waals surface area (Å²) in [6.07, 6.45) is -2.69. The summed E-state index contributed by atoms with van der Waals surface area (Å²) in [6.45, 7) is 5.32. The molecular formula is C27H26F3N3O5S. The van der Waals surface area contributed by atoms with Crippen LogP contribution in [0.4, 0.5) is 18.9 Å². The normalized spacial score (nSPS) is 16.5. The molecule has 0 saturated carbocycles. The van der Waals surface area contributed by atoms with E-state index in [4.69, 9.17) is 14.2 Å². The van der Waals surface area contributed by atoms with E-state index in [0.29, 0.717) is 29.2 Å². The van der Waals surface area contributed by atoms with E-state index in [-0.39, 0.29) is 18.0 Å². The van der Waals surface area contributed by atoms with Gasteiger partial charge < -0.3 is 24.4 Å². The molecule has 4 rings (SSSR count). The van der Waals surface area contributed by atoms with Gasteiger partial charge in [0, 0.05) is 11.9 Å². The Balaban J connectivity index is 1.55. The standard InChI is InChI=1S/C27H26F3N3O5S/c1-4-36-21-13-17(24-23(25(35)37-5-2)16(3)31-26-33(24)11-12-39-26)9-10-20(21)38-15-22(34)32-19-8-6-7-18(14-19)27(28,29)30/h6-14,24H,4-5,15H2,1-3H3,(H,32,34)/t24-/m1/s1. The number of thioether (sulfide) groups is 1. The SMILES string of the molecule is CCOC(=O)C1=C(C)N=C2SC=CN2[C@@H]1c1ccc(OCC(=O)Nc2cccc(C(F)(F)F)c2)c(OCC)c1. The van der Waals surface area contributed by atoms with Gasteiger partial charge in [-0.05, 0) is 62.1 Å². The molecule has 2 aliphatic rings. The summed E-state index contributed by atoms with van der Waals surface area (Å²) in [7, 11) is 0. The topological polar surface area (TPSA) is 89.5 Å². The number of ether oxygens (including phenoxy) is 3. The van der Waals surface area contributed by atoms with Crippen LogP contribution in [0, 0.1) is 0 Å². The second-order valence-corrected chi connectivity index (χ2v) is 9.25. The largest absolute Gasteiger partial charge is 0.490 e. The van der Waals surface area contributed by atoms with Crippen molar-refractivity contribution in [3.63, 3.8) is 0 Å². The van der Waals surface area contributed by atoms with E-state index in [0.717, 1.165) is 17.3 Å². The Morgan fingerprint density at radius 2 is 1.87 bits per heavy atom. The Hall–Kier alpha value is -3.93. The summed E-state index contributed by atoms with van der Waals surface area (Å²) in [5.41, 5.74) is 0.777. The number of esters is 1. The van der Waals surface area contributed by atoms with Gasteiger partial charge in [0.1, 0.15) is 0 Å². The lowest BCUT2D eigenvalue weighted by molar-refractivity contribution is -0.139. The maximum atomic E-state index is 13.0. The summed E-state index contributed by atoms with van der Waals surface area (Å²) in [6, 6.07) is 8.90. The Labute approximate surface area is 227 Å². The number of anilines is 1. The molecule has 0 radical (unpaired) electrons. The lowest BCUT2D eigenvalue weighted by Gasteiger charge is -2.33. The molecule has 12 heteroatoms. The highest BCUT2D eigenvalue weighted by Crippen LogP contribution is 2.43. The predicted molar refractivity (Wildman–Crippen MR) is 141 cm³/mol. The van der Waals surface area contributed by atoms with Crippen molar-refractivity contribution < 1.29 is 37.0 Å². The first-order valence-electron chi connectivity index (χ1n) is 12.1. The Morgan fingerprint density at radius 1 is 1.08 bits per heavy atom. The fourth-order valence-electron chi connectivity index (χ4n) is 4.09. The second kappa shape index (κ2) is 11.9. The van der Waals surface area contributed by atoms with Crippen molar-refractivity contribution in [2.45, 2.75) is 33.0 Å². The highest BCUT2D eigenvalue weighted by atomic mass is 32.2. The molecule has 0 aromatic heterocycles. The highest BCUT2D eigenvalue weighted by Gasteiger charge is 2.38. The van der Waals surface area contributed by atoms with Gasteiger partial charge in [-0.2, -0.15) is 13.2 Å². The number of amides is 1. The fourth-order valence-corrected chi connectivity index (χ4v) is 4.89. The van der Waals surface area contributed by atoms with Crippen LogP contribution in [0.1, 0.15) is 37.9 Å². The highest BCUT2D eigenvalue weighted by molar-refractivity contribution is 8.16. The summed E-state index contributed by atoms with van der Waals surface area (Å²) >= 11 is 1.43. The first-order valence-corrected chi connectivity index (χ1v) is 12.9. The van der Waals surface area contributed by atoms with Crippen LogP contribution < -0.4 is 14.8 Å². The lowest BCUT2D eigenvalue weighted by atomic mass is 9.94. The van der Waals surface area contributed by atoms with E-state index in [1.54, 1.807) is 39.0 Å². The van der Waals surface area contributed by atoms with Gasteiger partial charge in [-0.15, -0.1) is 0 Å². The zero-order valence-corrected chi connectivity index (χ0v) is 22.2. The summed E-state index contributed by atoms with van der Waals surface area (Å²) in [5, 5.41) is 5.00. The molecule has 0 saturated heterocycles. The number of carbonyl (C=O) groups excluding carboxylic acids is 2. The van der Waals surface area contributed by atoms with E-state index in [9.17, 15) is 22.8 Å². The Kier molecular flexibility index (Phi) is 8.54. The van der Waals surface area contributed by atoms with E-state index in [1.807, 2.05) is 16.5 Å². The van der Waals surface area contributed by atoms with E-state index < -0.39 is 36.3 Å². The number of halogens is 3. The molecule has 2 aromatic carbocycles. The minimum absolute atomic E-state index is 0.00115. The third-order valence-corrected chi connectivity index (χ3v) is 6.50. The minimum atomic E-state index is -4.53. The van der Waals surface area contributed by atoms with Crippen LogP contribution in [0.5, 0.6) is 11.5 Å². The van der Waals surface area contributed by atoms with Gasteiger partial charge >= 0.3 is 12.1 Å². The van der Waals surface area contributed by atoms with Crippen molar-refractivity contribution in [3.8, 4) is 11.5 Å². The number of alkyl halides is 3. The van der Waals surface area contributed by atoms with Crippen LogP contribution in [0.3, 0.4) is 0 Å². The third kappa shape index (κ3) is 6.39. The van der Waals surface area contributed by atoms with Gasteiger partial charge in [0.25, 0.3) is 5.91 Å². The maximum absolute atomic E-state index is 13.0. The van der Waals surface area contributed by atoms with Crippen molar-refractivity contribution in [3.05, 3.63) is 76.5 Å². The first kappa shape index (κ1) is 28.1. The van der Waals surface area contributed by atoms with E-state index in [2.05, 4.69) is 10.3 Å². The average molecular weight is 562 g/mol. The molecule has 1 atom stereocenters. The zero-order valence-electron chi connectivity index (χ0n) is 21.4. The number of benzene rings is 2. The Bertz CT molecular complexity index is 1360. The van der Waals surface area contributed by atoms with E-state index in [1.165, 1.54) is 23.9 Å². The summed E-state index contributed by atoms with van der Waals surface area (Å²) < 4.78 is 55.6. The fraction of sp³-hybridized carbons (Fsp3) is 0.296. The van der Waals surface area contributed by atoms with Crippen LogP contribution in [-0.2, 0) is 20.5 Å². The zero-order chi connectivity index (χ0) is 28.2. The van der Waals surface area contributed by atoms with Crippen LogP contribution in [0.25, 0.3) is 0 Å². The summed E-state index contributed by atoms with van der Waals surface area (Å²) in [5.74, 6) is -0.522. The first-order chi connectivity index (χ1) is 18.6. The van der Waals surface area contributed by atoms with Gasteiger partial charge in [0.05, 0.1) is 36.1 Å². The molecule has 0 bridgehead atoms. The number of hydrogen-bond donors (Lipinski definition) is 1. The number of aliphatic imine (C=N–C) groups is 1. The molecule has 0 aliphatic carbocycles. The average Bonchev–Trinajstić information content (AvgIpc) is 3.35. The molecule has 2 aromatic rings. The maximum Gasteiger partial charge on any atom is 0.416 e. The van der Waals surface area contributed by atoms with Crippen LogP contribution >= 0.6 is 11.8 Å². The molecule has 0 spiro atoms. The summed E-state index contributed by atoms with van der Waals surface area (Å²) in [4.78, 5) is 31.7. The molecule has 1 amide bonds. The van der Waals surface area contributed by atoms with Gasteiger partial charge in [0.15, 0.2) is 23.3 Å². The molecule has 2 aliphatic heterocycles. The predicted octanol–water partition coefficient (Wildman–Crippen LogP) is 5.89. The molecule has 1 N–H and O–H groups in total. The number of nitrogens with one attached hydrogen (secondary N) is 1. The van der Waals surface area contributed by atoms with Crippen molar-refractivity contribution in [1.29, 1.82) is 0 Å². The van der Waals surface area contributed by atoms with Gasteiger partial charge in [-0.1, -0.05) is 23.9 Å². The number of rotatable bonds is 9. The van der Waals surface area contributed by atoms with Gasteiger partial charge in [-0.25, -0.2) is 9.79 Å². The number of amidine groups is 1. The smallest absolute Gasteiger partial charge is 0.416 e. The lowest BCUT2D eigenvalue weighted by Crippen LogP contribution is -2.34. The molecule has 206 valence electrons. The Morgan fingerprint density at radius 3 is 2.59 bits per heavy atom. The van der Waals surface area contributed by atoms with Crippen LogP contribution in [-0.4, -0.2) is 41.8 Å². The van der Waals surface area contributed by atoms with Crippen LogP contribution in [0.15, 0.2) is 70.3 Å². The van der Waals surface area contributed by atoms with E-state index >= 15 is 0 Å². The monoisotopic (exact) mass is 561 g/mol. The van der Waals surface area contributed by atoms with Crippen molar-refractivity contribution in [2.75, 3.05) is 25.1 Å². The van der Waals surface area contributed by atoms with Crippen LogP contribution in [0.2, 0.25) is 0 Å². The number of hydrogen-bond acceptors (Lipinski definition) is 8. The number of allylic oxidation sites excluding steroid dienone is 1. The molecular weight excluding hydrogens is 535 g/mol. The number of nitrogens with zero attached hydrogens (tertiary/aromatic N) is 2. The quantitative estimate of drug-likeness (QED) is 0.382. The molecule has 0 unspecified atom stereocenters. The van der Waals surface area contributed by atoms with Gasteiger partial charge in [-0.3, -0.25) is 4.79 Å². The van der Waals surface area contributed by atoms with Crippen molar-refractivity contribution >= 4 is 34.5 Å². The molecule has 2 heterocycles. The molecule has 0 fully saturated rings. The number of fused-ring (bicyclic) bond motifs is 1. The third-order valence-electron chi connectivity index (χ3n) is 5.73. The minimum Gasteiger partial charge on any atom is -0.490 e. The molecule has 39 heavy (non-hydrogen) atoms. The van der Waals surface area contributed by atoms with Gasteiger partial charge in [0.2, 0.25) is 0 Å². The second-order valence-electron chi connectivity index (χ2n) is 8.38. The molecule has 8 nitrogen and oxygen atoms in total. The van der Waals surface area contributed by atoms with Crippen molar-refractivity contribution in [2.24, 2.45) is 4.99 Å². The number of carbonyl (C=O) groups is 2. The van der Waals surface area contributed by atoms with Crippen molar-refractivity contribution in [1.82, 2.24) is 4.90 Å².